The number of hydrogen-bond donors (Lipinski definition) is 1. The van der Waals surface area contributed by atoms with Crippen molar-refractivity contribution in [2.45, 2.75) is 45.1 Å². The van der Waals surface area contributed by atoms with Crippen LogP contribution in [0.2, 0.25) is 0 Å². The van der Waals surface area contributed by atoms with Gasteiger partial charge < -0.3 is 10.1 Å². The first-order chi connectivity index (χ1) is 5.68. The molecule has 0 spiro atoms. The number of hydrogen-bond acceptors (Lipinski definition) is 2. The summed E-state index contributed by atoms with van der Waals surface area (Å²) >= 11 is 0. The van der Waals surface area contributed by atoms with Crippen LogP contribution in [0.3, 0.4) is 0 Å². The van der Waals surface area contributed by atoms with Crippen molar-refractivity contribution in [1.82, 2.24) is 5.32 Å². The summed E-state index contributed by atoms with van der Waals surface area (Å²) < 4.78 is 0. The van der Waals surface area contributed by atoms with Gasteiger partial charge in [0, 0.05) is 18.9 Å². The molecule has 0 aromatic rings. The van der Waals surface area contributed by atoms with Crippen molar-refractivity contribution in [3.8, 4) is 0 Å². The Morgan fingerprint density at radius 1 is 1.33 bits per heavy atom. The minimum atomic E-state index is 0.0231. The van der Waals surface area contributed by atoms with Crippen LogP contribution in [-0.2, 0) is 9.59 Å². The van der Waals surface area contributed by atoms with Crippen molar-refractivity contribution in [3.05, 3.63) is 0 Å². The lowest BCUT2D eigenvalue weighted by Crippen LogP contribution is -2.39. The number of nitrogens with one attached hydrogen (secondary N) is 1. The zero-order valence-electron chi connectivity index (χ0n) is 7.43. The summed E-state index contributed by atoms with van der Waals surface area (Å²) in [6, 6.07) is 0.393. The Hall–Kier alpha value is -0.860. The van der Waals surface area contributed by atoms with Crippen LogP contribution in [-0.4, -0.2) is 17.7 Å². The van der Waals surface area contributed by atoms with Gasteiger partial charge in [-0.05, 0) is 26.2 Å². The highest BCUT2D eigenvalue weighted by Gasteiger charge is 2.18. The Labute approximate surface area is 72.5 Å². The Kier molecular flexibility index (Phi) is 3.26. The SMILES string of the molecule is CC(=O)CCC(=O)NC1CCC1. The van der Waals surface area contributed by atoms with Crippen LogP contribution in [0.5, 0.6) is 0 Å². The topological polar surface area (TPSA) is 46.2 Å². The van der Waals surface area contributed by atoms with Crippen molar-refractivity contribution < 1.29 is 9.59 Å². The molecular formula is C9H15NO2. The van der Waals surface area contributed by atoms with Gasteiger partial charge in [-0.1, -0.05) is 0 Å². The average Bonchev–Trinajstić information content (AvgIpc) is 1.93. The Balaban J connectivity index is 2.06. The molecule has 0 bridgehead atoms. The summed E-state index contributed by atoms with van der Waals surface area (Å²) in [7, 11) is 0. The fourth-order valence-electron chi connectivity index (χ4n) is 1.14. The Morgan fingerprint density at radius 2 is 2.00 bits per heavy atom. The van der Waals surface area contributed by atoms with Crippen LogP contribution >= 0.6 is 0 Å². The maximum atomic E-state index is 11.1. The molecule has 1 fully saturated rings. The van der Waals surface area contributed by atoms with Crippen molar-refractivity contribution in [2.24, 2.45) is 0 Å². The van der Waals surface area contributed by atoms with Gasteiger partial charge in [0.25, 0.3) is 0 Å². The molecule has 0 saturated heterocycles. The highest BCUT2D eigenvalue weighted by atomic mass is 16.2. The van der Waals surface area contributed by atoms with Gasteiger partial charge in [0.15, 0.2) is 0 Å². The molecule has 3 heteroatoms. The van der Waals surface area contributed by atoms with E-state index in [0.717, 1.165) is 12.8 Å². The summed E-state index contributed by atoms with van der Waals surface area (Å²) in [5.74, 6) is 0.105. The molecule has 0 unspecified atom stereocenters. The highest BCUT2D eigenvalue weighted by molar-refractivity contribution is 5.83. The molecule has 1 amide bonds. The Bertz CT molecular complexity index is 185. The van der Waals surface area contributed by atoms with E-state index >= 15 is 0 Å². The zero-order valence-corrected chi connectivity index (χ0v) is 7.43. The lowest BCUT2D eigenvalue weighted by Gasteiger charge is -2.26. The number of amides is 1. The Morgan fingerprint density at radius 3 is 2.42 bits per heavy atom. The van der Waals surface area contributed by atoms with Crippen LogP contribution < -0.4 is 5.32 Å². The van der Waals surface area contributed by atoms with E-state index in [1.807, 2.05) is 0 Å². The second kappa shape index (κ2) is 4.24. The summed E-state index contributed by atoms with van der Waals surface area (Å²) in [4.78, 5) is 21.6. The molecule has 1 saturated carbocycles. The number of carbonyl (C=O) groups is 2. The predicted molar refractivity (Wildman–Crippen MR) is 45.7 cm³/mol. The molecule has 0 aromatic carbocycles. The third-order valence-corrected chi connectivity index (χ3v) is 2.17. The molecule has 1 N–H and O–H groups in total. The fraction of sp³-hybridized carbons (Fsp3) is 0.778. The van der Waals surface area contributed by atoms with E-state index in [1.54, 1.807) is 0 Å². The summed E-state index contributed by atoms with van der Waals surface area (Å²) in [6.45, 7) is 1.51. The molecule has 3 nitrogen and oxygen atoms in total. The number of ketones is 1. The number of Topliss-reactive ketones (excluding diaryl/α,β-unsaturated/α-hetero) is 1. The molecule has 0 radical (unpaired) electrons. The first kappa shape index (κ1) is 9.23. The fourth-order valence-corrected chi connectivity index (χ4v) is 1.14. The standard InChI is InChI=1S/C9H15NO2/c1-7(11)5-6-9(12)10-8-3-2-4-8/h8H,2-6H2,1H3,(H,10,12). The van der Waals surface area contributed by atoms with Crippen molar-refractivity contribution in [1.29, 1.82) is 0 Å². The summed E-state index contributed by atoms with van der Waals surface area (Å²) in [5, 5.41) is 2.88. The van der Waals surface area contributed by atoms with Gasteiger partial charge in [-0.3, -0.25) is 4.79 Å². The number of carbonyl (C=O) groups excluding carboxylic acids is 2. The monoisotopic (exact) mass is 169 g/mol. The van der Waals surface area contributed by atoms with Crippen LogP contribution in [0.4, 0.5) is 0 Å². The van der Waals surface area contributed by atoms with Gasteiger partial charge in [0.2, 0.25) is 5.91 Å². The molecule has 1 rings (SSSR count). The molecule has 0 heterocycles. The summed E-state index contributed by atoms with van der Waals surface area (Å²) in [5.41, 5.74) is 0. The van der Waals surface area contributed by atoms with E-state index in [2.05, 4.69) is 5.32 Å². The largest absolute Gasteiger partial charge is 0.353 e. The quantitative estimate of drug-likeness (QED) is 0.683. The van der Waals surface area contributed by atoms with E-state index in [9.17, 15) is 9.59 Å². The van der Waals surface area contributed by atoms with Gasteiger partial charge in [0.1, 0.15) is 5.78 Å². The molecule has 1 aliphatic rings. The normalized spacial score (nSPS) is 16.8. The van der Waals surface area contributed by atoms with Crippen LogP contribution in [0.1, 0.15) is 39.0 Å². The molecule has 0 atom stereocenters. The summed E-state index contributed by atoms with van der Waals surface area (Å²) in [6.07, 6.45) is 4.15. The van der Waals surface area contributed by atoms with Gasteiger partial charge >= 0.3 is 0 Å². The molecular weight excluding hydrogens is 154 g/mol. The van der Waals surface area contributed by atoms with Crippen molar-refractivity contribution in [2.75, 3.05) is 0 Å². The third kappa shape index (κ3) is 3.03. The predicted octanol–water partition coefficient (Wildman–Crippen LogP) is 1.02. The maximum Gasteiger partial charge on any atom is 0.220 e. The molecule has 0 aromatic heterocycles. The van der Waals surface area contributed by atoms with E-state index in [0.29, 0.717) is 18.9 Å². The molecule has 1 aliphatic carbocycles. The van der Waals surface area contributed by atoms with E-state index in [1.165, 1.54) is 13.3 Å². The molecule has 12 heavy (non-hydrogen) atoms. The number of rotatable bonds is 4. The molecule has 0 aliphatic heterocycles. The lowest BCUT2D eigenvalue weighted by molar-refractivity contribution is -0.125. The van der Waals surface area contributed by atoms with Gasteiger partial charge in [0.05, 0.1) is 0 Å². The minimum Gasteiger partial charge on any atom is -0.353 e. The maximum absolute atomic E-state index is 11.1. The van der Waals surface area contributed by atoms with E-state index in [4.69, 9.17) is 0 Å². The van der Waals surface area contributed by atoms with Crippen molar-refractivity contribution >= 4 is 11.7 Å². The highest BCUT2D eigenvalue weighted by Crippen LogP contribution is 2.17. The third-order valence-electron chi connectivity index (χ3n) is 2.17. The first-order valence-electron chi connectivity index (χ1n) is 4.47. The first-order valence-corrected chi connectivity index (χ1v) is 4.47. The zero-order chi connectivity index (χ0) is 8.97. The second-order valence-electron chi connectivity index (χ2n) is 3.40. The molecule has 68 valence electrons. The lowest BCUT2D eigenvalue weighted by atomic mass is 9.93. The van der Waals surface area contributed by atoms with Gasteiger partial charge in [-0.25, -0.2) is 0 Å². The van der Waals surface area contributed by atoms with E-state index in [-0.39, 0.29) is 11.7 Å². The van der Waals surface area contributed by atoms with E-state index < -0.39 is 0 Å². The van der Waals surface area contributed by atoms with Crippen LogP contribution in [0, 0.1) is 0 Å². The second-order valence-corrected chi connectivity index (χ2v) is 3.40. The smallest absolute Gasteiger partial charge is 0.220 e. The van der Waals surface area contributed by atoms with Gasteiger partial charge in [-0.15, -0.1) is 0 Å². The van der Waals surface area contributed by atoms with Crippen LogP contribution in [0.15, 0.2) is 0 Å². The average molecular weight is 169 g/mol. The van der Waals surface area contributed by atoms with Gasteiger partial charge in [-0.2, -0.15) is 0 Å². The van der Waals surface area contributed by atoms with Crippen LogP contribution in [0.25, 0.3) is 0 Å². The minimum absolute atomic E-state index is 0.0231. The van der Waals surface area contributed by atoms with Crippen molar-refractivity contribution in [3.63, 3.8) is 0 Å².